The van der Waals surface area contributed by atoms with Crippen molar-refractivity contribution in [1.82, 2.24) is 9.78 Å². The fraction of sp³-hybridized carbons (Fsp3) is 0.700. The molecule has 0 bridgehead atoms. The second-order valence-electron chi connectivity index (χ2n) is 4.00. The number of nitrogens with one attached hydrogen (secondary N) is 1. The van der Waals surface area contributed by atoms with Crippen molar-refractivity contribution < 1.29 is 8.78 Å². The smallest absolute Gasteiger partial charge is 0.260 e. The Morgan fingerprint density at radius 2 is 2.40 bits per heavy atom. The Balaban J connectivity index is 2.35. The minimum Gasteiger partial charge on any atom is -0.368 e. The summed E-state index contributed by atoms with van der Waals surface area (Å²) in [6, 6.07) is 1.15. The highest BCUT2D eigenvalue weighted by atomic mass is 19.3. The first-order chi connectivity index (χ1) is 7.11. The van der Waals surface area contributed by atoms with Gasteiger partial charge >= 0.3 is 0 Å². The molecule has 0 fully saturated rings. The van der Waals surface area contributed by atoms with E-state index in [1.54, 1.807) is 0 Å². The largest absolute Gasteiger partial charge is 0.368 e. The highest BCUT2D eigenvalue weighted by Crippen LogP contribution is 2.31. The Labute approximate surface area is 87.5 Å². The third kappa shape index (κ3) is 1.82. The highest BCUT2D eigenvalue weighted by molar-refractivity contribution is 5.40. The van der Waals surface area contributed by atoms with Gasteiger partial charge in [0.1, 0.15) is 11.9 Å². The van der Waals surface area contributed by atoms with Gasteiger partial charge in [-0.2, -0.15) is 5.10 Å². The van der Waals surface area contributed by atoms with Crippen molar-refractivity contribution in [3.05, 3.63) is 11.8 Å². The molecular formula is C10H15F2N3. The van der Waals surface area contributed by atoms with Crippen LogP contribution in [0.2, 0.25) is 0 Å². The summed E-state index contributed by atoms with van der Waals surface area (Å²) >= 11 is 0. The first-order valence-electron chi connectivity index (χ1n) is 5.25. The molecule has 2 atom stereocenters. The minimum atomic E-state index is -2.35. The summed E-state index contributed by atoms with van der Waals surface area (Å²) < 4.78 is 27.0. The van der Waals surface area contributed by atoms with E-state index in [4.69, 9.17) is 0 Å². The second kappa shape index (κ2) is 3.79. The molecule has 0 spiro atoms. The number of halogens is 2. The molecule has 2 rings (SSSR count). The van der Waals surface area contributed by atoms with E-state index >= 15 is 0 Å². The van der Waals surface area contributed by atoms with Gasteiger partial charge in [-0.15, -0.1) is 0 Å². The van der Waals surface area contributed by atoms with Crippen LogP contribution in [0.25, 0.3) is 0 Å². The van der Waals surface area contributed by atoms with Gasteiger partial charge < -0.3 is 5.32 Å². The van der Waals surface area contributed by atoms with Crippen molar-refractivity contribution in [2.45, 2.75) is 45.2 Å². The van der Waals surface area contributed by atoms with Crippen LogP contribution in [0.4, 0.5) is 14.6 Å². The zero-order valence-electron chi connectivity index (χ0n) is 8.87. The maximum absolute atomic E-state index is 12.8. The molecular weight excluding hydrogens is 200 g/mol. The lowest BCUT2D eigenvalue weighted by Gasteiger charge is -2.29. The molecule has 0 saturated carbocycles. The van der Waals surface area contributed by atoms with Crippen molar-refractivity contribution in [1.29, 1.82) is 0 Å². The third-order valence-corrected chi connectivity index (χ3v) is 2.74. The van der Waals surface area contributed by atoms with Gasteiger partial charge in [-0.25, -0.2) is 13.5 Å². The van der Waals surface area contributed by atoms with Crippen molar-refractivity contribution in [3.8, 4) is 0 Å². The molecule has 1 aliphatic rings. The van der Waals surface area contributed by atoms with Crippen LogP contribution in [0.1, 0.15) is 32.0 Å². The number of nitrogens with zero attached hydrogens (tertiary/aromatic N) is 2. The van der Waals surface area contributed by atoms with Crippen molar-refractivity contribution in [3.63, 3.8) is 0 Å². The summed E-state index contributed by atoms with van der Waals surface area (Å²) in [6.45, 7) is 3.88. The number of fused-ring (bicyclic) bond motifs is 1. The molecule has 3 nitrogen and oxygen atoms in total. The van der Waals surface area contributed by atoms with E-state index in [0.29, 0.717) is 6.42 Å². The van der Waals surface area contributed by atoms with Crippen molar-refractivity contribution >= 4 is 5.82 Å². The summed E-state index contributed by atoms with van der Waals surface area (Å²) in [5.41, 5.74) is 0.859. The minimum absolute atomic E-state index is 0.0814. The Hall–Kier alpha value is -1.13. The second-order valence-corrected chi connectivity index (χ2v) is 4.00. The fourth-order valence-corrected chi connectivity index (χ4v) is 1.96. The van der Waals surface area contributed by atoms with E-state index in [1.165, 1.54) is 4.68 Å². The van der Waals surface area contributed by atoms with Crippen LogP contribution in [-0.4, -0.2) is 22.2 Å². The van der Waals surface area contributed by atoms with Crippen LogP contribution < -0.4 is 5.32 Å². The average Bonchev–Trinajstić information content (AvgIpc) is 2.58. The number of hydrogen-bond donors (Lipinski definition) is 1. The maximum Gasteiger partial charge on any atom is 0.260 e. The van der Waals surface area contributed by atoms with Gasteiger partial charge in [0.25, 0.3) is 6.43 Å². The molecule has 0 aromatic carbocycles. The summed E-state index contributed by atoms with van der Waals surface area (Å²) in [5.74, 6) is 0.718. The predicted molar refractivity (Wildman–Crippen MR) is 54.3 cm³/mol. The summed E-state index contributed by atoms with van der Waals surface area (Å²) in [4.78, 5) is 0. The van der Waals surface area contributed by atoms with Gasteiger partial charge in [-0.05, 0) is 19.8 Å². The number of rotatable bonds is 2. The highest BCUT2D eigenvalue weighted by Gasteiger charge is 2.31. The molecule has 0 radical (unpaired) electrons. The van der Waals surface area contributed by atoms with E-state index < -0.39 is 12.5 Å². The number of alkyl halides is 2. The van der Waals surface area contributed by atoms with Crippen molar-refractivity contribution in [2.75, 3.05) is 5.32 Å². The molecule has 84 valence electrons. The van der Waals surface area contributed by atoms with E-state index in [2.05, 4.69) is 10.4 Å². The Morgan fingerprint density at radius 1 is 1.67 bits per heavy atom. The van der Waals surface area contributed by atoms with Gasteiger partial charge in [0.2, 0.25) is 0 Å². The van der Waals surface area contributed by atoms with Gasteiger partial charge in [0.05, 0.1) is 5.69 Å². The normalized spacial score (nSPS) is 25.1. The molecule has 0 saturated heterocycles. The molecule has 15 heavy (non-hydrogen) atoms. The van der Waals surface area contributed by atoms with Crippen LogP contribution in [-0.2, 0) is 6.42 Å². The molecule has 5 heteroatoms. The Morgan fingerprint density at radius 3 is 3.00 bits per heavy atom. The number of aromatic nitrogens is 2. The van der Waals surface area contributed by atoms with Gasteiger partial charge in [-0.3, -0.25) is 0 Å². The third-order valence-electron chi connectivity index (χ3n) is 2.74. The monoisotopic (exact) mass is 215 g/mol. The summed E-state index contributed by atoms with van der Waals surface area (Å²) in [5, 5.41) is 7.35. The van der Waals surface area contributed by atoms with E-state index in [0.717, 1.165) is 17.9 Å². The Kier molecular flexibility index (Phi) is 2.63. The van der Waals surface area contributed by atoms with Crippen LogP contribution in [0.3, 0.4) is 0 Å². The van der Waals surface area contributed by atoms with Crippen LogP contribution in [0, 0.1) is 0 Å². The van der Waals surface area contributed by atoms with Crippen LogP contribution in [0.5, 0.6) is 0 Å². The quantitative estimate of drug-likeness (QED) is 0.821. The SMILES string of the molecule is CCc1cc2n(n1)C(C(F)F)CC(C)N2. The molecule has 1 aromatic heterocycles. The molecule has 1 aliphatic heterocycles. The Bertz CT molecular complexity index is 348. The van der Waals surface area contributed by atoms with E-state index in [-0.39, 0.29) is 6.04 Å². The molecule has 2 unspecified atom stereocenters. The first kappa shape index (κ1) is 10.4. The van der Waals surface area contributed by atoms with E-state index in [1.807, 2.05) is 19.9 Å². The lowest BCUT2D eigenvalue weighted by Crippen LogP contribution is -2.33. The molecule has 1 aromatic rings. The zero-order valence-corrected chi connectivity index (χ0v) is 8.87. The predicted octanol–water partition coefficient (Wildman–Crippen LogP) is 2.46. The average molecular weight is 215 g/mol. The van der Waals surface area contributed by atoms with E-state index in [9.17, 15) is 8.78 Å². The van der Waals surface area contributed by atoms with Gasteiger partial charge in [0.15, 0.2) is 0 Å². The molecule has 2 heterocycles. The maximum atomic E-state index is 12.8. The van der Waals surface area contributed by atoms with Gasteiger partial charge in [0, 0.05) is 12.1 Å². The number of anilines is 1. The standard InChI is InChI=1S/C10H15F2N3/c1-3-7-5-9-13-6(2)4-8(10(11)12)15(9)14-7/h5-6,8,10,13H,3-4H2,1-2H3. The lowest BCUT2D eigenvalue weighted by molar-refractivity contribution is 0.0667. The molecule has 1 N–H and O–H groups in total. The fourth-order valence-electron chi connectivity index (χ4n) is 1.96. The van der Waals surface area contributed by atoms with Gasteiger partial charge in [-0.1, -0.05) is 6.92 Å². The van der Waals surface area contributed by atoms with Crippen LogP contribution >= 0.6 is 0 Å². The molecule has 0 amide bonds. The summed E-state index contributed by atoms with van der Waals surface area (Å²) in [6.07, 6.45) is -1.15. The van der Waals surface area contributed by atoms with Crippen molar-refractivity contribution in [2.24, 2.45) is 0 Å². The number of hydrogen-bond acceptors (Lipinski definition) is 2. The topological polar surface area (TPSA) is 29.9 Å². The first-order valence-corrected chi connectivity index (χ1v) is 5.25. The van der Waals surface area contributed by atoms with Crippen LogP contribution in [0.15, 0.2) is 6.07 Å². The molecule has 0 aliphatic carbocycles. The zero-order chi connectivity index (χ0) is 11.0. The summed E-state index contributed by atoms with van der Waals surface area (Å²) in [7, 11) is 0. The number of aryl methyl sites for hydroxylation is 1. The lowest BCUT2D eigenvalue weighted by atomic mass is 10.1.